The lowest BCUT2D eigenvalue weighted by Crippen LogP contribution is -1.94. The van der Waals surface area contributed by atoms with Gasteiger partial charge in [-0.3, -0.25) is 4.98 Å². The van der Waals surface area contributed by atoms with E-state index in [2.05, 4.69) is 37.5 Å². The Balaban J connectivity index is 2.55. The van der Waals surface area contributed by atoms with Gasteiger partial charge in [0.1, 0.15) is 5.15 Å². The van der Waals surface area contributed by atoms with Crippen molar-refractivity contribution in [3.8, 4) is 11.4 Å². The molecule has 15 heavy (non-hydrogen) atoms. The second-order valence-electron chi connectivity index (χ2n) is 3.02. The van der Waals surface area contributed by atoms with Gasteiger partial charge in [-0.15, -0.1) is 0 Å². The summed E-state index contributed by atoms with van der Waals surface area (Å²) in [5.74, 6) is 0.617. The Morgan fingerprint density at radius 3 is 2.80 bits per heavy atom. The highest BCUT2D eigenvalue weighted by atomic mass is 127. The van der Waals surface area contributed by atoms with E-state index in [0.29, 0.717) is 11.0 Å². The zero-order chi connectivity index (χ0) is 10.8. The highest BCUT2D eigenvalue weighted by Gasteiger charge is 2.07. The molecule has 3 nitrogen and oxygen atoms in total. The van der Waals surface area contributed by atoms with Crippen LogP contribution in [0.3, 0.4) is 0 Å². The summed E-state index contributed by atoms with van der Waals surface area (Å²) in [5, 5.41) is 0.476. The van der Waals surface area contributed by atoms with Crippen LogP contribution in [-0.4, -0.2) is 15.0 Å². The molecule has 0 aliphatic heterocycles. The van der Waals surface area contributed by atoms with E-state index < -0.39 is 0 Å². The number of aromatic nitrogens is 3. The van der Waals surface area contributed by atoms with Crippen LogP contribution in [0.1, 0.15) is 5.56 Å². The smallest absolute Gasteiger partial charge is 0.162 e. The fourth-order valence-electron chi connectivity index (χ4n) is 1.17. The molecule has 5 heteroatoms. The summed E-state index contributed by atoms with van der Waals surface area (Å²) in [4.78, 5) is 12.5. The first kappa shape index (κ1) is 10.8. The van der Waals surface area contributed by atoms with Crippen molar-refractivity contribution in [1.29, 1.82) is 0 Å². The summed E-state index contributed by atoms with van der Waals surface area (Å²) in [6.07, 6.45) is 5.19. The molecule has 0 fully saturated rings. The van der Waals surface area contributed by atoms with E-state index >= 15 is 0 Å². The van der Waals surface area contributed by atoms with Crippen molar-refractivity contribution in [2.45, 2.75) is 6.92 Å². The highest BCUT2D eigenvalue weighted by molar-refractivity contribution is 14.1. The predicted octanol–water partition coefficient (Wildman–Crippen LogP) is 3.11. The zero-order valence-corrected chi connectivity index (χ0v) is 10.8. The Morgan fingerprint density at radius 1 is 1.33 bits per heavy atom. The summed E-state index contributed by atoms with van der Waals surface area (Å²) >= 11 is 8.03. The molecule has 0 aliphatic carbocycles. The molecule has 2 heterocycles. The van der Waals surface area contributed by atoms with Crippen molar-refractivity contribution in [2.75, 3.05) is 0 Å². The molecule has 0 N–H and O–H groups in total. The fourth-order valence-corrected chi connectivity index (χ4v) is 1.56. The molecule has 2 rings (SSSR count). The van der Waals surface area contributed by atoms with Gasteiger partial charge < -0.3 is 0 Å². The molecule has 2 aromatic heterocycles. The summed E-state index contributed by atoms with van der Waals surface area (Å²) in [5.41, 5.74) is 2.00. The van der Waals surface area contributed by atoms with Gasteiger partial charge in [0.15, 0.2) is 5.82 Å². The Morgan fingerprint density at radius 2 is 2.13 bits per heavy atom. The van der Waals surface area contributed by atoms with E-state index in [9.17, 15) is 0 Å². The Kier molecular flexibility index (Phi) is 3.16. The number of aryl methyl sites for hydroxylation is 1. The molecule has 0 saturated carbocycles. The Bertz CT molecular complexity index is 502. The molecule has 0 unspecified atom stereocenters. The normalized spacial score (nSPS) is 10.3. The second-order valence-corrected chi connectivity index (χ2v) is 4.54. The standard InChI is InChI=1S/C10H7ClIN3/c1-6-2-3-13-4-7(6)10-14-5-8(12)9(11)15-10/h2-5H,1H3. The largest absolute Gasteiger partial charge is 0.264 e. The van der Waals surface area contributed by atoms with E-state index in [1.165, 1.54) is 0 Å². The lowest BCUT2D eigenvalue weighted by Gasteiger charge is -2.03. The summed E-state index contributed by atoms with van der Waals surface area (Å²) in [6.45, 7) is 1.99. The molecular weight excluding hydrogens is 324 g/mol. The van der Waals surface area contributed by atoms with Crippen LogP contribution in [0, 0.1) is 10.5 Å². The summed E-state index contributed by atoms with van der Waals surface area (Å²) in [7, 11) is 0. The maximum Gasteiger partial charge on any atom is 0.162 e. The molecule has 0 radical (unpaired) electrons. The van der Waals surface area contributed by atoms with Crippen LogP contribution >= 0.6 is 34.2 Å². The number of hydrogen-bond donors (Lipinski definition) is 0. The summed E-state index contributed by atoms with van der Waals surface area (Å²) < 4.78 is 0.847. The third-order valence-corrected chi connectivity index (χ3v) is 3.38. The monoisotopic (exact) mass is 331 g/mol. The van der Waals surface area contributed by atoms with Crippen molar-refractivity contribution in [3.63, 3.8) is 0 Å². The van der Waals surface area contributed by atoms with Gasteiger partial charge in [-0.25, -0.2) is 9.97 Å². The van der Waals surface area contributed by atoms with Crippen LogP contribution in [-0.2, 0) is 0 Å². The number of hydrogen-bond acceptors (Lipinski definition) is 3. The maximum atomic E-state index is 5.94. The first-order chi connectivity index (χ1) is 7.18. The topological polar surface area (TPSA) is 38.7 Å². The number of rotatable bonds is 1. The Labute approximate surface area is 106 Å². The molecule has 0 amide bonds. The van der Waals surface area contributed by atoms with Crippen LogP contribution in [0.15, 0.2) is 24.7 Å². The quantitative estimate of drug-likeness (QED) is 0.595. The molecular formula is C10H7ClIN3. The van der Waals surface area contributed by atoms with Crippen molar-refractivity contribution >= 4 is 34.2 Å². The molecule has 0 saturated heterocycles. The van der Waals surface area contributed by atoms with Crippen molar-refractivity contribution in [3.05, 3.63) is 38.9 Å². The molecule has 0 aliphatic rings. The maximum absolute atomic E-state index is 5.94. The minimum atomic E-state index is 0.476. The molecule has 0 bridgehead atoms. The van der Waals surface area contributed by atoms with Crippen LogP contribution in [0.2, 0.25) is 5.15 Å². The molecule has 0 atom stereocenters. The molecule has 2 aromatic rings. The van der Waals surface area contributed by atoms with Gasteiger partial charge >= 0.3 is 0 Å². The average Bonchev–Trinajstić information content (AvgIpc) is 2.23. The van der Waals surface area contributed by atoms with Crippen molar-refractivity contribution < 1.29 is 0 Å². The van der Waals surface area contributed by atoms with Crippen LogP contribution < -0.4 is 0 Å². The van der Waals surface area contributed by atoms with Gasteiger partial charge in [-0.05, 0) is 41.1 Å². The third kappa shape index (κ3) is 2.26. The van der Waals surface area contributed by atoms with Gasteiger partial charge in [0, 0.05) is 24.2 Å². The first-order valence-electron chi connectivity index (χ1n) is 4.27. The van der Waals surface area contributed by atoms with Gasteiger partial charge in [-0.2, -0.15) is 0 Å². The number of halogens is 2. The van der Waals surface area contributed by atoms with Gasteiger partial charge in [0.25, 0.3) is 0 Å². The van der Waals surface area contributed by atoms with E-state index in [1.807, 2.05) is 13.0 Å². The zero-order valence-electron chi connectivity index (χ0n) is 7.91. The first-order valence-corrected chi connectivity index (χ1v) is 5.73. The van der Waals surface area contributed by atoms with E-state index in [0.717, 1.165) is 14.7 Å². The van der Waals surface area contributed by atoms with E-state index in [4.69, 9.17) is 11.6 Å². The van der Waals surface area contributed by atoms with Gasteiger partial charge in [0.2, 0.25) is 0 Å². The average molecular weight is 332 g/mol. The SMILES string of the molecule is Cc1ccncc1-c1ncc(I)c(Cl)n1. The summed E-state index contributed by atoms with van der Waals surface area (Å²) in [6, 6.07) is 1.92. The minimum absolute atomic E-state index is 0.476. The number of pyridine rings is 1. The minimum Gasteiger partial charge on any atom is -0.264 e. The Hall–Kier alpha value is -0.750. The molecule has 0 spiro atoms. The third-order valence-electron chi connectivity index (χ3n) is 1.98. The van der Waals surface area contributed by atoms with Crippen LogP contribution in [0.5, 0.6) is 0 Å². The fraction of sp³-hybridized carbons (Fsp3) is 0.100. The lowest BCUT2D eigenvalue weighted by molar-refractivity contribution is 1.14. The van der Waals surface area contributed by atoms with Crippen molar-refractivity contribution in [2.24, 2.45) is 0 Å². The van der Waals surface area contributed by atoms with E-state index in [1.54, 1.807) is 18.6 Å². The number of nitrogens with zero attached hydrogens (tertiary/aromatic N) is 3. The second kappa shape index (κ2) is 4.40. The predicted molar refractivity (Wildman–Crippen MR) is 67.7 cm³/mol. The molecule has 0 aromatic carbocycles. The molecule has 76 valence electrons. The lowest BCUT2D eigenvalue weighted by atomic mass is 10.1. The van der Waals surface area contributed by atoms with Gasteiger partial charge in [-0.1, -0.05) is 11.6 Å². The van der Waals surface area contributed by atoms with E-state index in [-0.39, 0.29) is 0 Å². The van der Waals surface area contributed by atoms with Crippen molar-refractivity contribution in [1.82, 2.24) is 15.0 Å². The van der Waals surface area contributed by atoms with Crippen LogP contribution in [0.4, 0.5) is 0 Å². The van der Waals surface area contributed by atoms with Crippen LogP contribution in [0.25, 0.3) is 11.4 Å². The highest BCUT2D eigenvalue weighted by Crippen LogP contribution is 2.21. The van der Waals surface area contributed by atoms with Gasteiger partial charge in [0.05, 0.1) is 3.57 Å².